The van der Waals surface area contributed by atoms with Crippen molar-refractivity contribution in [3.8, 4) is 0 Å². The molecule has 128 valence electrons. The van der Waals surface area contributed by atoms with Gasteiger partial charge in [0.05, 0.1) is 11.8 Å². The SMILES string of the molecule is CC(C)[Si](OC1CCCC(=O)c2cccnc21)(C(C)C)C(C)C. The number of fused-ring (bicyclic) bond motifs is 1. The molecule has 0 saturated carbocycles. The fourth-order valence-corrected chi connectivity index (χ4v) is 9.94. The van der Waals surface area contributed by atoms with Crippen LogP contribution in [0.5, 0.6) is 0 Å². The maximum Gasteiger partial charge on any atom is 0.201 e. The predicted molar refractivity (Wildman–Crippen MR) is 97.3 cm³/mol. The van der Waals surface area contributed by atoms with Crippen molar-refractivity contribution >= 4 is 14.1 Å². The van der Waals surface area contributed by atoms with Gasteiger partial charge in [-0.05, 0) is 41.6 Å². The molecule has 1 unspecified atom stereocenters. The van der Waals surface area contributed by atoms with Crippen LogP contribution >= 0.6 is 0 Å². The maximum absolute atomic E-state index is 12.3. The molecule has 1 aliphatic carbocycles. The van der Waals surface area contributed by atoms with Gasteiger partial charge in [-0.3, -0.25) is 9.78 Å². The topological polar surface area (TPSA) is 39.2 Å². The van der Waals surface area contributed by atoms with E-state index >= 15 is 0 Å². The maximum atomic E-state index is 12.3. The van der Waals surface area contributed by atoms with Crippen molar-refractivity contribution in [1.29, 1.82) is 0 Å². The van der Waals surface area contributed by atoms with E-state index in [-0.39, 0.29) is 11.9 Å². The number of Topliss-reactive ketones (excluding diaryl/α,β-unsaturated/α-hetero) is 1. The van der Waals surface area contributed by atoms with Crippen molar-refractivity contribution in [2.45, 2.75) is 83.5 Å². The third-order valence-corrected chi connectivity index (χ3v) is 11.5. The first-order valence-electron chi connectivity index (χ1n) is 8.96. The van der Waals surface area contributed by atoms with Crippen molar-refractivity contribution in [3.05, 3.63) is 29.6 Å². The summed E-state index contributed by atoms with van der Waals surface area (Å²) >= 11 is 0. The Balaban J connectivity index is 2.44. The van der Waals surface area contributed by atoms with Crippen molar-refractivity contribution in [2.24, 2.45) is 0 Å². The summed E-state index contributed by atoms with van der Waals surface area (Å²) in [7, 11) is -1.98. The van der Waals surface area contributed by atoms with E-state index in [1.807, 2.05) is 12.1 Å². The lowest BCUT2D eigenvalue weighted by Gasteiger charge is -2.44. The summed E-state index contributed by atoms with van der Waals surface area (Å²) in [4.78, 5) is 16.9. The van der Waals surface area contributed by atoms with E-state index in [1.54, 1.807) is 6.20 Å². The Labute approximate surface area is 142 Å². The molecule has 0 saturated heterocycles. The third kappa shape index (κ3) is 3.43. The third-order valence-electron chi connectivity index (χ3n) is 5.37. The minimum atomic E-state index is -1.98. The summed E-state index contributed by atoms with van der Waals surface area (Å²) in [5, 5.41) is 0. The average Bonchev–Trinajstić information content (AvgIpc) is 2.63. The lowest BCUT2D eigenvalue weighted by atomic mass is 10.1. The van der Waals surface area contributed by atoms with E-state index in [0.29, 0.717) is 23.0 Å². The van der Waals surface area contributed by atoms with E-state index < -0.39 is 8.32 Å². The smallest absolute Gasteiger partial charge is 0.201 e. The van der Waals surface area contributed by atoms with Gasteiger partial charge in [0.15, 0.2) is 5.78 Å². The molecule has 0 spiro atoms. The highest BCUT2D eigenvalue weighted by atomic mass is 28.4. The van der Waals surface area contributed by atoms with Crippen molar-refractivity contribution in [2.75, 3.05) is 0 Å². The molecular formula is C19H31NO2Si. The van der Waals surface area contributed by atoms with Crippen LogP contribution < -0.4 is 0 Å². The highest BCUT2D eigenvalue weighted by molar-refractivity contribution is 6.77. The number of carbonyl (C=O) groups is 1. The highest BCUT2D eigenvalue weighted by Crippen LogP contribution is 2.46. The zero-order valence-corrected chi connectivity index (χ0v) is 16.4. The second-order valence-electron chi connectivity index (χ2n) is 7.68. The van der Waals surface area contributed by atoms with Gasteiger partial charge in [0.25, 0.3) is 0 Å². The van der Waals surface area contributed by atoms with Crippen LogP contribution in [0, 0.1) is 0 Å². The van der Waals surface area contributed by atoms with Gasteiger partial charge in [-0.25, -0.2) is 0 Å². The van der Waals surface area contributed by atoms with E-state index in [9.17, 15) is 4.79 Å². The molecule has 0 aliphatic heterocycles. The Morgan fingerprint density at radius 2 is 1.74 bits per heavy atom. The van der Waals surface area contributed by atoms with Crippen LogP contribution in [0.3, 0.4) is 0 Å². The largest absolute Gasteiger partial charge is 0.408 e. The van der Waals surface area contributed by atoms with Gasteiger partial charge in [-0.2, -0.15) is 0 Å². The van der Waals surface area contributed by atoms with Gasteiger partial charge in [-0.1, -0.05) is 41.5 Å². The number of ketones is 1. The summed E-state index contributed by atoms with van der Waals surface area (Å²) in [6, 6.07) is 3.77. The molecule has 0 radical (unpaired) electrons. The number of pyridine rings is 1. The molecule has 4 heteroatoms. The summed E-state index contributed by atoms with van der Waals surface area (Å²) < 4.78 is 6.94. The molecule has 1 heterocycles. The summed E-state index contributed by atoms with van der Waals surface area (Å²) in [6.07, 6.45) is 4.15. The van der Waals surface area contributed by atoms with Crippen molar-refractivity contribution in [1.82, 2.24) is 4.98 Å². The molecule has 0 bridgehead atoms. The summed E-state index contributed by atoms with van der Waals surface area (Å²) in [5.74, 6) is 0.213. The monoisotopic (exact) mass is 333 g/mol. The number of hydrogen-bond acceptors (Lipinski definition) is 3. The van der Waals surface area contributed by atoms with Crippen LogP contribution in [0.25, 0.3) is 0 Å². The normalized spacial score (nSPS) is 19.3. The first kappa shape index (κ1) is 18.3. The quantitative estimate of drug-likeness (QED) is 0.514. The Morgan fingerprint density at radius 3 is 2.30 bits per heavy atom. The van der Waals surface area contributed by atoms with Crippen molar-refractivity contribution < 1.29 is 9.22 Å². The molecule has 1 aromatic rings. The minimum Gasteiger partial charge on any atom is -0.408 e. The van der Waals surface area contributed by atoms with Crippen LogP contribution in [0.4, 0.5) is 0 Å². The van der Waals surface area contributed by atoms with Crippen LogP contribution in [0.15, 0.2) is 18.3 Å². The van der Waals surface area contributed by atoms with Gasteiger partial charge in [0, 0.05) is 18.2 Å². The molecule has 0 fully saturated rings. The van der Waals surface area contributed by atoms with Crippen LogP contribution in [0.1, 0.15) is 83.0 Å². The van der Waals surface area contributed by atoms with Crippen molar-refractivity contribution in [3.63, 3.8) is 0 Å². The molecule has 3 nitrogen and oxygen atoms in total. The van der Waals surface area contributed by atoms with E-state index in [1.165, 1.54) is 0 Å². The molecule has 1 atom stereocenters. The molecular weight excluding hydrogens is 302 g/mol. The molecule has 0 amide bonds. The lowest BCUT2D eigenvalue weighted by Crippen LogP contribution is -2.48. The number of aromatic nitrogens is 1. The fourth-order valence-electron chi connectivity index (χ4n) is 4.40. The zero-order chi connectivity index (χ0) is 17.2. The molecule has 23 heavy (non-hydrogen) atoms. The van der Waals surface area contributed by atoms with E-state index in [2.05, 4.69) is 46.5 Å². The minimum absolute atomic E-state index is 0.0310. The number of carbonyl (C=O) groups excluding carboxylic acids is 1. The Bertz CT molecular complexity index is 532. The van der Waals surface area contributed by atoms with Gasteiger partial charge in [-0.15, -0.1) is 0 Å². The Hall–Kier alpha value is -1.00. The lowest BCUT2D eigenvalue weighted by molar-refractivity contribution is 0.0981. The number of rotatable bonds is 5. The van der Waals surface area contributed by atoms with Crippen LogP contribution in [-0.2, 0) is 4.43 Å². The molecule has 1 aromatic heterocycles. The average molecular weight is 334 g/mol. The van der Waals surface area contributed by atoms with Gasteiger partial charge in [0.1, 0.15) is 0 Å². The molecule has 0 aromatic carbocycles. The predicted octanol–water partition coefficient (Wildman–Crippen LogP) is 5.68. The molecule has 0 N–H and O–H groups in total. The number of nitrogens with zero attached hydrogens (tertiary/aromatic N) is 1. The highest BCUT2D eigenvalue weighted by Gasteiger charge is 2.47. The van der Waals surface area contributed by atoms with Gasteiger partial charge in [0.2, 0.25) is 8.32 Å². The molecule has 1 aliphatic rings. The van der Waals surface area contributed by atoms with Crippen LogP contribution in [-0.4, -0.2) is 19.1 Å². The zero-order valence-electron chi connectivity index (χ0n) is 15.4. The molecule has 2 rings (SSSR count). The van der Waals surface area contributed by atoms with Gasteiger partial charge >= 0.3 is 0 Å². The second kappa shape index (κ2) is 7.26. The second-order valence-corrected chi connectivity index (χ2v) is 13.1. The first-order valence-corrected chi connectivity index (χ1v) is 11.1. The van der Waals surface area contributed by atoms with Crippen LogP contribution in [0.2, 0.25) is 16.6 Å². The summed E-state index contributed by atoms with van der Waals surface area (Å²) in [6.45, 7) is 13.8. The Morgan fingerprint density at radius 1 is 1.13 bits per heavy atom. The van der Waals surface area contributed by atoms with E-state index in [4.69, 9.17) is 4.43 Å². The summed E-state index contributed by atoms with van der Waals surface area (Å²) in [5.41, 5.74) is 3.25. The van der Waals surface area contributed by atoms with Gasteiger partial charge < -0.3 is 4.43 Å². The Kier molecular flexibility index (Phi) is 5.79. The first-order chi connectivity index (χ1) is 10.8. The fraction of sp³-hybridized carbons (Fsp3) is 0.684. The van der Waals surface area contributed by atoms with E-state index in [0.717, 1.165) is 24.1 Å². The standard InChI is InChI=1S/C19H31NO2Si/c1-13(2)23(14(3)4,15(5)6)22-18-11-7-10-17(21)16-9-8-12-20-19(16)18/h8-9,12-15,18H,7,10-11H2,1-6H3. The number of hydrogen-bond donors (Lipinski definition) is 0.